The zero-order chi connectivity index (χ0) is 13.1. The molecule has 1 atom stereocenters. The molecule has 1 N–H and O–H groups in total. The molecule has 96 valence electrons. The Morgan fingerprint density at radius 2 is 1.71 bits per heavy atom. The number of halogens is 2. The van der Waals surface area contributed by atoms with Gasteiger partial charge in [0.25, 0.3) is 5.92 Å². The van der Waals surface area contributed by atoms with Crippen molar-refractivity contribution in [3.8, 4) is 0 Å². The van der Waals surface area contributed by atoms with E-state index < -0.39 is 11.8 Å². The van der Waals surface area contributed by atoms with E-state index in [1.54, 1.807) is 12.1 Å². The minimum atomic E-state index is -2.79. The molecule has 1 aromatic carbocycles. The molecule has 0 bridgehead atoms. The highest BCUT2D eigenvalue weighted by molar-refractivity contribution is 5.28. The number of aliphatic hydroxyl groups is 1. The Labute approximate surface area is 101 Å². The predicted molar refractivity (Wildman–Crippen MR) is 65.3 cm³/mol. The fourth-order valence-corrected chi connectivity index (χ4v) is 1.78. The van der Waals surface area contributed by atoms with Crippen LogP contribution >= 0.6 is 0 Å². The number of alkyl halides is 2. The standard InChI is InChI=1S/C14H20F2O/c1-4-11(9-17)12-5-7-13(8-6-12)14(15,16)10(2)3/h5-8,10-11,17H,4,9H2,1-3H3. The van der Waals surface area contributed by atoms with Crippen LogP contribution in [0.5, 0.6) is 0 Å². The van der Waals surface area contributed by atoms with Gasteiger partial charge >= 0.3 is 0 Å². The maximum Gasteiger partial charge on any atom is 0.275 e. The van der Waals surface area contributed by atoms with E-state index in [0.29, 0.717) is 0 Å². The molecule has 3 heteroatoms. The van der Waals surface area contributed by atoms with Crippen LogP contribution in [0.2, 0.25) is 0 Å². The van der Waals surface area contributed by atoms with Gasteiger partial charge < -0.3 is 5.11 Å². The maximum absolute atomic E-state index is 13.7. The molecular weight excluding hydrogens is 222 g/mol. The SMILES string of the molecule is CCC(CO)c1ccc(C(F)(F)C(C)C)cc1. The van der Waals surface area contributed by atoms with Crippen LogP contribution in [0.3, 0.4) is 0 Å². The van der Waals surface area contributed by atoms with Crippen molar-refractivity contribution in [1.29, 1.82) is 0 Å². The Morgan fingerprint density at radius 1 is 1.18 bits per heavy atom. The first kappa shape index (κ1) is 14.1. The number of benzene rings is 1. The van der Waals surface area contributed by atoms with E-state index in [-0.39, 0.29) is 18.1 Å². The van der Waals surface area contributed by atoms with Gasteiger partial charge in [-0.25, -0.2) is 8.78 Å². The number of hydrogen-bond donors (Lipinski definition) is 1. The lowest BCUT2D eigenvalue weighted by Gasteiger charge is -2.21. The molecule has 0 aliphatic rings. The summed E-state index contributed by atoms with van der Waals surface area (Å²) in [6, 6.07) is 6.31. The van der Waals surface area contributed by atoms with Gasteiger partial charge in [0.1, 0.15) is 0 Å². The van der Waals surface area contributed by atoms with Crippen molar-refractivity contribution in [2.75, 3.05) is 6.61 Å². The maximum atomic E-state index is 13.7. The first-order valence-corrected chi connectivity index (χ1v) is 6.02. The first-order chi connectivity index (χ1) is 7.93. The average molecular weight is 242 g/mol. The average Bonchev–Trinajstić information content (AvgIpc) is 2.31. The summed E-state index contributed by atoms with van der Waals surface area (Å²) < 4.78 is 27.5. The van der Waals surface area contributed by atoms with Gasteiger partial charge in [-0.05, 0) is 12.0 Å². The molecule has 0 fully saturated rings. The number of aliphatic hydroxyl groups excluding tert-OH is 1. The van der Waals surface area contributed by atoms with Crippen LogP contribution in [0.15, 0.2) is 24.3 Å². The summed E-state index contributed by atoms with van der Waals surface area (Å²) in [4.78, 5) is 0. The zero-order valence-electron chi connectivity index (χ0n) is 10.6. The zero-order valence-corrected chi connectivity index (χ0v) is 10.6. The van der Waals surface area contributed by atoms with Crippen LogP contribution in [0.4, 0.5) is 8.78 Å². The molecule has 0 saturated heterocycles. The Morgan fingerprint density at radius 3 is 2.06 bits per heavy atom. The monoisotopic (exact) mass is 242 g/mol. The van der Waals surface area contributed by atoms with Gasteiger partial charge in [0.15, 0.2) is 0 Å². The Bertz CT molecular complexity index is 340. The van der Waals surface area contributed by atoms with E-state index in [9.17, 15) is 8.78 Å². The van der Waals surface area contributed by atoms with E-state index in [4.69, 9.17) is 5.11 Å². The molecule has 0 heterocycles. The molecule has 17 heavy (non-hydrogen) atoms. The third-order valence-corrected chi connectivity index (χ3v) is 3.21. The normalized spacial score (nSPS) is 14.1. The summed E-state index contributed by atoms with van der Waals surface area (Å²) in [5.41, 5.74) is 0.961. The van der Waals surface area contributed by atoms with Crippen molar-refractivity contribution in [1.82, 2.24) is 0 Å². The Kier molecular flexibility index (Phi) is 4.63. The van der Waals surface area contributed by atoms with Crippen molar-refractivity contribution in [2.24, 2.45) is 5.92 Å². The van der Waals surface area contributed by atoms with Crippen molar-refractivity contribution < 1.29 is 13.9 Å². The molecule has 0 aliphatic carbocycles. The van der Waals surface area contributed by atoms with E-state index in [1.807, 2.05) is 6.92 Å². The lowest BCUT2D eigenvalue weighted by Crippen LogP contribution is -2.20. The van der Waals surface area contributed by atoms with E-state index in [2.05, 4.69) is 0 Å². The first-order valence-electron chi connectivity index (χ1n) is 6.02. The molecule has 0 radical (unpaired) electrons. The van der Waals surface area contributed by atoms with Crippen molar-refractivity contribution >= 4 is 0 Å². The fraction of sp³-hybridized carbons (Fsp3) is 0.571. The van der Waals surface area contributed by atoms with Crippen LogP contribution in [0.25, 0.3) is 0 Å². The summed E-state index contributed by atoms with van der Waals surface area (Å²) in [5, 5.41) is 9.15. The summed E-state index contributed by atoms with van der Waals surface area (Å²) in [6.07, 6.45) is 0.802. The van der Waals surface area contributed by atoms with Crippen molar-refractivity contribution in [2.45, 2.75) is 39.0 Å². The largest absolute Gasteiger partial charge is 0.396 e. The smallest absolute Gasteiger partial charge is 0.275 e. The third-order valence-electron chi connectivity index (χ3n) is 3.21. The van der Waals surface area contributed by atoms with E-state index >= 15 is 0 Å². The summed E-state index contributed by atoms with van der Waals surface area (Å²) >= 11 is 0. The van der Waals surface area contributed by atoms with Crippen molar-refractivity contribution in [3.63, 3.8) is 0 Å². The molecule has 0 spiro atoms. The van der Waals surface area contributed by atoms with Gasteiger partial charge in [-0.3, -0.25) is 0 Å². The molecule has 0 saturated carbocycles. The quantitative estimate of drug-likeness (QED) is 0.829. The highest BCUT2D eigenvalue weighted by Gasteiger charge is 2.35. The second kappa shape index (κ2) is 5.58. The van der Waals surface area contributed by atoms with E-state index in [0.717, 1.165) is 12.0 Å². The minimum absolute atomic E-state index is 0.0386. The van der Waals surface area contributed by atoms with Gasteiger partial charge in [-0.1, -0.05) is 45.0 Å². The lowest BCUT2D eigenvalue weighted by molar-refractivity contribution is -0.0513. The molecule has 0 amide bonds. The molecule has 0 aromatic heterocycles. The molecule has 0 aliphatic heterocycles. The second-order valence-electron chi connectivity index (χ2n) is 4.69. The van der Waals surface area contributed by atoms with Crippen LogP contribution < -0.4 is 0 Å². The van der Waals surface area contributed by atoms with Crippen LogP contribution in [-0.2, 0) is 5.92 Å². The van der Waals surface area contributed by atoms with Crippen LogP contribution in [0, 0.1) is 5.92 Å². The van der Waals surface area contributed by atoms with Crippen LogP contribution in [-0.4, -0.2) is 11.7 Å². The Balaban J connectivity index is 2.95. The molecule has 1 nitrogen and oxygen atoms in total. The summed E-state index contributed by atoms with van der Waals surface area (Å²) in [7, 11) is 0. The third kappa shape index (κ3) is 3.03. The van der Waals surface area contributed by atoms with Gasteiger partial charge in [0, 0.05) is 24.0 Å². The minimum Gasteiger partial charge on any atom is -0.396 e. The second-order valence-corrected chi connectivity index (χ2v) is 4.69. The van der Waals surface area contributed by atoms with Gasteiger partial charge in [-0.15, -0.1) is 0 Å². The number of rotatable bonds is 5. The Hall–Kier alpha value is -0.960. The van der Waals surface area contributed by atoms with Gasteiger partial charge in [0.2, 0.25) is 0 Å². The van der Waals surface area contributed by atoms with Crippen molar-refractivity contribution in [3.05, 3.63) is 35.4 Å². The van der Waals surface area contributed by atoms with Crippen LogP contribution in [0.1, 0.15) is 44.2 Å². The predicted octanol–water partition coefficient (Wildman–Crippen LogP) is 3.92. The topological polar surface area (TPSA) is 20.2 Å². The highest BCUT2D eigenvalue weighted by Crippen LogP contribution is 2.36. The van der Waals surface area contributed by atoms with Gasteiger partial charge in [0.05, 0.1) is 0 Å². The van der Waals surface area contributed by atoms with Gasteiger partial charge in [-0.2, -0.15) is 0 Å². The lowest BCUT2D eigenvalue weighted by atomic mass is 9.92. The highest BCUT2D eigenvalue weighted by atomic mass is 19.3. The van der Waals surface area contributed by atoms with E-state index in [1.165, 1.54) is 26.0 Å². The summed E-state index contributed by atoms with van der Waals surface area (Å²) in [6.45, 7) is 5.04. The summed E-state index contributed by atoms with van der Waals surface area (Å²) in [5.74, 6) is -3.47. The molecular formula is C14H20F2O. The molecule has 1 unspecified atom stereocenters. The molecule has 1 aromatic rings. The molecule has 1 rings (SSSR count). The fourth-order valence-electron chi connectivity index (χ4n) is 1.78. The number of hydrogen-bond acceptors (Lipinski definition) is 1.